The van der Waals surface area contributed by atoms with Crippen molar-refractivity contribution in [3.8, 4) is 0 Å². The van der Waals surface area contributed by atoms with Gasteiger partial charge in [0.1, 0.15) is 11.0 Å². The summed E-state index contributed by atoms with van der Waals surface area (Å²) < 4.78 is 0. The molecular formula is C15H16ClN3OS. The number of anilines is 1. The Balaban J connectivity index is 1.57. The Morgan fingerprint density at radius 1 is 1.57 bits per heavy atom. The third-order valence-electron chi connectivity index (χ3n) is 3.51. The standard InChI is InChI=1S/C15H16ClN3OS/c1-2-11-8-21-14(18-11)7-17-15(20)13-6-9-5-10(16)3-4-12(9)19-13/h3-5,8,13,19H,2,6-7H2,1H3,(H,17,20). The molecule has 0 bridgehead atoms. The van der Waals surface area contributed by atoms with Crippen molar-refractivity contribution < 1.29 is 4.79 Å². The summed E-state index contributed by atoms with van der Waals surface area (Å²) in [7, 11) is 0. The van der Waals surface area contributed by atoms with Gasteiger partial charge < -0.3 is 10.6 Å². The van der Waals surface area contributed by atoms with E-state index in [-0.39, 0.29) is 11.9 Å². The SMILES string of the molecule is CCc1csc(CNC(=O)C2Cc3cc(Cl)ccc3N2)n1. The molecular weight excluding hydrogens is 306 g/mol. The molecule has 0 aliphatic carbocycles. The molecule has 0 saturated heterocycles. The van der Waals surface area contributed by atoms with E-state index >= 15 is 0 Å². The molecule has 0 fully saturated rings. The molecule has 1 aliphatic rings. The Morgan fingerprint density at radius 2 is 2.43 bits per heavy atom. The first-order chi connectivity index (χ1) is 10.2. The van der Waals surface area contributed by atoms with E-state index in [1.54, 1.807) is 11.3 Å². The van der Waals surface area contributed by atoms with E-state index in [0.29, 0.717) is 18.0 Å². The molecule has 4 nitrogen and oxygen atoms in total. The number of nitrogens with zero attached hydrogens (tertiary/aromatic N) is 1. The molecule has 2 N–H and O–H groups in total. The van der Waals surface area contributed by atoms with Gasteiger partial charge in [-0.2, -0.15) is 0 Å². The van der Waals surface area contributed by atoms with Gasteiger partial charge in [-0.1, -0.05) is 18.5 Å². The summed E-state index contributed by atoms with van der Waals surface area (Å²) in [5.74, 6) is -0.00410. The predicted molar refractivity (Wildman–Crippen MR) is 85.9 cm³/mol. The molecule has 0 radical (unpaired) electrons. The Bertz CT molecular complexity index is 671. The number of aromatic nitrogens is 1. The molecule has 21 heavy (non-hydrogen) atoms. The topological polar surface area (TPSA) is 54.0 Å². The number of hydrogen-bond donors (Lipinski definition) is 2. The smallest absolute Gasteiger partial charge is 0.243 e. The van der Waals surface area contributed by atoms with Gasteiger partial charge in [0.2, 0.25) is 5.91 Å². The van der Waals surface area contributed by atoms with Crippen molar-refractivity contribution >= 4 is 34.5 Å². The first-order valence-electron chi connectivity index (χ1n) is 6.91. The summed E-state index contributed by atoms with van der Waals surface area (Å²) in [6, 6.07) is 5.42. The minimum atomic E-state index is -0.232. The average molecular weight is 322 g/mol. The van der Waals surface area contributed by atoms with Gasteiger partial charge in [-0.3, -0.25) is 4.79 Å². The van der Waals surface area contributed by atoms with E-state index in [4.69, 9.17) is 11.6 Å². The van der Waals surface area contributed by atoms with Crippen molar-refractivity contribution in [2.75, 3.05) is 5.32 Å². The summed E-state index contributed by atoms with van der Waals surface area (Å²) >= 11 is 7.56. The van der Waals surface area contributed by atoms with Gasteiger partial charge in [0.05, 0.1) is 12.2 Å². The van der Waals surface area contributed by atoms with Crippen LogP contribution in [0.5, 0.6) is 0 Å². The van der Waals surface area contributed by atoms with Gasteiger partial charge >= 0.3 is 0 Å². The van der Waals surface area contributed by atoms with Crippen molar-refractivity contribution in [2.24, 2.45) is 0 Å². The number of nitrogens with one attached hydrogen (secondary N) is 2. The molecule has 2 heterocycles. The number of amides is 1. The maximum Gasteiger partial charge on any atom is 0.243 e. The average Bonchev–Trinajstić information content (AvgIpc) is 3.10. The predicted octanol–water partition coefficient (Wildman–Crippen LogP) is 3.01. The molecule has 6 heteroatoms. The van der Waals surface area contributed by atoms with Crippen LogP contribution in [0.15, 0.2) is 23.6 Å². The maximum absolute atomic E-state index is 12.2. The van der Waals surface area contributed by atoms with E-state index < -0.39 is 0 Å². The fourth-order valence-corrected chi connectivity index (χ4v) is 3.38. The van der Waals surface area contributed by atoms with E-state index in [2.05, 4.69) is 22.5 Å². The van der Waals surface area contributed by atoms with Crippen LogP contribution in [0.2, 0.25) is 5.02 Å². The third-order valence-corrected chi connectivity index (χ3v) is 4.65. The zero-order valence-electron chi connectivity index (χ0n) is 11.6. The van der Waals surface area contributed by atoms with Crippen LogP contribution in [0.25, 0.3) is 0 Å². The first kappa shape index (κ1) is 14.4. The van der Waals surface area contributed by atoms with E-state index in [1.807, 2.05) is 23.6 Å². The van der Waals surface area contributed by atoms with Gasteiger partial charge in [-0.15, -0.1) is 11.3 Å². The van der Waals surface area contributed by atoms with Crippen LogP contribution in [-0.4, -0.2) is 16.9 Å². The molecule has 1 amide bonds. The Morgan fingerprint density at radius 3 is 3.19 bits per heavy atom. The number of carbonyl (C=O) groups excluding carboxylic acids is 1. The number of thiazole rings is 1. The number of carbonyl (C=O) groups is 1. The Labute approximate surface area is 132 Å². The van der Waals surface area contributed by atoms with Crippen molar-refractivity contribution in [1.29, 1.82) is 0 Å². The molecule has 1 unspecified atom stereocenters. The number of rotatable bonds is 4. The van der Waals surface area contributed by atoms with Crippen molar-refractivity contribution in [3.63, 3.8) is 0 Å². The summed E-state index contributed by atoms with van der Waals surface area (Å²) in [6.45, 7) is 2.56. The van der Waals surface area contributed by atoms with Crippen molar-refractivity contribution in [3.05, 3.63) is 44.9 Å². The van der Waals surface area contributed by atoms with Crippen LogP contribution in [0.4, 0.5) is 5.69 Å². The molecule has 2 aromatic rings. The molecule has 110 valence electrons. The number of hydrogen-bond acceptors (Lipinski definition) is 4. The summed E-state index contributed by atoms with van der Waals surface area (Å²) in [4.78, 5) is 16.7. The highest BCUT2D eigenvalue weighted by atomic mass is 35.5. The Hall–Kier alpha value is -1.59. The minimum absolute atomic E-state index is 0.00410. The van der Waals surface area contributed by atoms with Crippen molar-refractivity contribution in [1.82, 2.24) is 10.3 Å². The molecule has 0 saturated carbocycles. The van der Waals surface area contributed by atoms with E-state index in [0.717, 1.165) is 28.4 Å². The molecule has 1 aromatic carbocycles. The number of halogens is 1. The molecule has 0 spiro atoms. The monoisotopic (exact) mass is 321 g/mol. The highest BCUT2D eigenvalue weighted by Crippen LogP contribution is 2.28. The van der Waals surface area contributed by atoms with Gasteiger partial charge in [0.25, 0.3) is 0 Å². The van der Waals surface area contributed by atoms with Gasteiger partial charge in [-0.25, -0.2) is 4.98 Å². The van der Waals surface area contributed by atoms with Crippen LogP contribution in [0.1, 0.15) is 23.2 Å². The minimum Gasteiger partial charge on any atom is -0.373 e. The second kappa shape index (κ2) is 6.03. The van der Waals surface area contributed by atoms with Crippen LogP contribution >= 0.6 is 22.9 Å². The molecule has 1 atom stereocenters. The second-order valence-corrected chi connectivity index (χ2v) is 6.39. The van der Waals surface area contributed by atoms with Crippen LogP contribution in [0.3, 0.4) is 0 Å². The zero-order chi connectivity index (χ0) is 14.8. The quantitative estimate of drug-likeness (QED) is 0.910. The van der Waals surface area contributed by atoms with Crippen LogP contribution < -0.4 is 10.6 Å². The zero-order valence-corrected chi connectivity index (χ0v) is 13.2. The fourth-order valence-electron chi connectivity index (χ4n) is 2.37. The number of benzene rings is 1. The number of aryl methyl sites for hydroxylation is 1. The number of fused-ring (bicyclic) bond motifs is 1. The first-order valence-corrected chi connectivity index (χ1v) is 8.17. The molecule has 1 aromatic heterocycles. The fraction of sp³-hybridized carbons (Fsp3) is 0.333. The highest BCUT2D eigenvalue weighted by Gasteiger charge is 2.26. The summed E-state index contributed by atoms with van der Waals surface area (Å²) in [5, 5.41) is 9.85. The lowest BCUT2D eigenvalue weighted by atomic mass is 10.1. The second-order valence-electron chi connectivity index (χ2n) is 5.01. The normalized spacial score (nSPS) is 16.4. The van der Waals surface area contributed by atoms with E-state index in [1.165, 1.54) is 0 Å². The summed E-state index contributed by atoms with van der Waals surface area (Å²) in [5.41, 5.74) is 3.15. The lowest BCUT2D eigenvalue weighted by Crippen LogP contribution is -2.38. The van der Waals surface area contributed by atoms with Gasteiger partial charge in [0.15, 0.2) is 0 Å². The van der Waals surface area contributed by atoms with Crippen LogP contribution in [-0.2, 0) is 24.2 Å². The maximum atomic E-state index is 12.2. The van der Waals surface area contributed by atoms with Crippen LogP contribution in [0, 0.1) is 0 Å². The molecule has 3 rings (SSSR count). The Kier molecular flexibility index (Phi) is 4.12. The lowest BCUT2D eigenvalue weighted by Gasteiger charge is -2.10. The lowest BCUT2D eigenvalue weighted by molar-refractivity contribution is -0.121. The van der Waals surface area contributed by atoms with Crippen molar-refractivity contribution in [2.45, 2.75) is 32.4 Å². The largest absolute Gasteiger partial charge is 0.373 e. The highest BCUT2D eigenvalue weighted by molar-refractivity contribution is 7.09. The van der Waals surface area contributed by atoms with E-state index in [9.17, 15) is 4.79 Å². The van der Waals surface area contributed by atoms with Gasteiger partial charge in [0, 0.05) is 22.5 Å². The van der Waals surface area contributed by atoms with Gasteiger partial charge in [-0.05, 0) is 30.2 Å². The molecule has 1 aliphatic heterocycles. The summed E-state index contributed by atoms with van der Waals surface area (Å²) in [6.07, 6.45) is 1.59. The third kappa shape index (κ3) is 3.19.